The molecule has 4 rings (SSSR count). The molecule has 4 heteroatoms. The smallest absolute Gasteiger partial charge is 0.251 e. The molecule has 2 aliphatic rings. The van der Waals surface area contributed by atoms with Crippen LogP contribution in [0.1, 0.15) is 50.2 Å². The number of fused-ring (bicyclic) bond motifs is 1. The molecule has 0 radical (unpaired) electrons. The number of rotatable bonds is 7. The SMILES string of the molecule is CCN(Cc1ccccc1)C(=O)CC1=C2CCCCC2N(Cc2ccccc2)C1=O. The zero-order valence-corrected chi connectivity index (χ0v) is 17.7. The van der Waals surface area contributed by atoms with Gasteiger partial charge in [-0.25, -0.2) is 0 Å². The molecule has 1 atom stereocenters. The van der Waals surface area contributed by atoms with Crippen LogP contribution in [0.5, 0.6) is 0 Å². The van der Waals surface area contributed by atoms with Crippen LogP contribution in [0.4, 0.5) is 0 Å². The van der Waals surface area contributed by atoms with Gasteiger partial charge in [-0.15, -0.1) is 0 Å². The Kier molecular flexibility index (Phi) is 6.32. The van der Waals surface area contributed by atoms with Gasteiger partial charge in [-0.2, -0.15) is 0 Å². The van der Waals surface area contributed by atoms with E-state index in [1.54, 1.807) is 0 Å². The van der Waals surface area contributed by atoms with E-state index in [1.807, 2.05) is 65.3 Å². The lowest BCUT2D eigenvalue weighted by Gasteiger charge is -2.30. The van der Waals surface area contributed by atoms with Crippen molar-refractivity contribution >= 4 is 11.8 Å². The Bertz CT molecular complexity index is 921. The summed E-state index contributed by atoms with van der Waals surface area (Å²) >= 11 is 0. The number of hydrogen-bond acceptors (Lipinski definition) is 2. The summed E-state index contributed by atoms with van der Waals surface area (Å²) in [6.07, 6.45) is 4.42. The highest BCUT2D eigenvalue weighted by Gasteiger charge is 2.40. The third-order valence-electron chi connectivity index (χ3n) is 6.33. The van der Waals surface area contributed by atoms with Crippen molar-refractivity contribution < 1.29 is 9.59 Å². The van der Waals surface area contributed by atoms with Gasteiger partial charge in [0, 0.05) is 25.2 Å². The molecule has 2 aromatic rings. The average molecular weight is 403 g/mol. The topological polar surface area (TPSA) is 40.6 Å². The molecular formula is C26H30N2O2. The fraction of sp³-hybridized carbons (Fsp3) is 0.385. The van der Waals surface area contributed by atoms with E-state index < -0.39 is 0 Å². The Morgan fingerprint density at radius 1 is 1.00 bits per heavy atom. The molecule has 0 bridgehead atoms. The van der Waals surface area contributed by atoms with Crippen molar-refractivity contribution in [2.75, 3.05) is 6.54 Å². The van der Waals surface area contributed by atoms with Crippen molar-refractivity contribution in [3.63, 3.8) is 0 Å². The maximum absolute atomic E-state index is 13.4. The van der Waals surface area contributed by atoms with Crippen LogP contribution in [0.3, 0.4) is 0 Å². The summed E-state index contributed by atoms with van der Waals surface area (Å²) in [7, 11) is 0. The van der Waals surface area contributed by atoms with Crippen LogP contribution in [0.25, 0.3) is 0 Å². The second-order valence-electron chi connectivity index (χ2n) is 8.25. The van der Waals surface area contributed by atoms with Gasteiger partial charge in [-0.05, 0) is 42.9 Å². The minimum atomic E-state index is 0.0445. The quantitative estimate of drug-likeness (QED) is 0.673. The number of nitrogens with zero attached hydrogens (tertiary/aromatic N) is 2. The zero-order chi connectivity index (χ0) is 20.9. The van der Waals surface area contributed by atoms with E-state index in [0.29, 0.717) is 19.6 Å². The normalized spacial score (nSPS) is 18.5. The van der Waals surface area contributed by atoms with Gasteiger partial charge >= 0.3 is 0 Å². The van der Waals surface area contributed by atoms with Gasteiger partial charge in [-0.3, -0.25) is 9.59 Å². The number of amides is 2. The van der Waals surface area contributed by atoms with Crippen LogP contribution in [0, 0.1) is 0 Å². The first-order chi connectivity index (χ1) is 14.7. The summed E-state index contributed by atoms with van der Waals surface area (Å²) < 4.78 is 0. The molecule has 1 saturated carbocycles. The predicted molar refractivity (Wildman–Crippen MR) is 118 cm³/mol. The molecule has 4 nitrogen and oxygen atoms in total. The van der Waals surface area contributed by atoms with E-state index in [2.05, 4.69) is 12.1 Å². The highest BCUT2D eigenvalue weighted by molar-refractivity contribution is 6.02. The van der Waals surface area contributed by atoms with Gasteiger partial charge in [-0.1, -0.05) is 67.1 Å². The summed E-state index contributed by atoms with van der Waals surface area (Å²) in [5.41, 5.74) is 4.23. The van der Waals surface area contributed by atoms with Crippen molar-refractivity contribution in [3.05, 3.63) is 82.9 Å². The molecule has 1 unspecified atom stereocenters. The minimum Gasteiger partial charge on any atom is -0.338 e. The predicted octanol–water partition coefficient (Wildman–Crippen LogP) is 4.71. The van der Waals surface area contributed by atoms with Crippen molar-refractivity contribution in [1.82, 2.24) is 9.80 Å². The van der Waals surface area contributed by atoms with Gasteiger partial charge < -0.3 is 9.80 Å². The lowest BCUT2D eigenvalue weighted by Crippen LogP contribution is -2.36. The summed E-state index contributed by atoms with van der Waals surface area (Å²) in [5, 5.41) is 0. The Hall–Kier alpha value is -2.88. The number of carbonyl (C=O) groups is 2. The molecule has 1 heterocycles. The van der Waals surface area contributed by atoms with E-state index in [0.717, 1.165) is 42.4 Å². The van der Waals surface area contributed by atoms with E-state index in [1.165, 1.54) is 5.57 Å². The molecule has 1 aliphatic carbocycles. The Morgan fingerprint density at radius 3 is 2.33 bits per heavy atom. The molecule has 30 heavy (non-hydrogen) atoms. The van der Waals surface area contributed by atoms with Gasteiger partial charge in [0.2, 0.25) is 5.91 Å². The molecule has 2 aromatic carbocycles. The number of carbonyl (C=O) groups excluding carboxylic acids is 2. The van der Waals surface area contributed by atoms with Crippen LogP contribution >= 0.6 is 0 Å². The van der Waals surface area contributed by atoms with Crippen LogP contribution in [0.2, 0.25) is 0 Å². The van der Waals surface area contributed by atoms with Crippen molar-refractivity contribution in [1.29, 1.82) is 0 Å². The largest absolute Gasteiger partial charge is 0.338 e. The molecule has 1 aliphatic heterocycles. The first kappa shape index (κ1) is 20.4. The molecule has 1 fully saturated rings. The summed E-state index contributed by atoms with van der Waals surface area (Å²) in [4.78, 5) is 30.4. The van der Waals surface area contributed by atoms with E-state index >= 15 is 0 Å². The maximum atomic E-state index is 13.4. The fourth-order valence-electron chi connectivity index (χ4n) is 4.74. The highest BCUT2D eigenvalue weighted by atomic mass is 16.2. The molecule has 2 amide bonds. The summed E-state index contributed by atoms with van der Waals surface area (Å²) in [5.74, 6) is 0.105. The zero-order valence-electron chi connectivity index (χ0n) is 17.7. The second-order valence-corrected chi connectivity index (χ2v) is 8.25. The van der Waals surface area contributed by atoms with Crippen LogP contribution in [-0.4, -0.2) is 34.2 Å². The van der Waals surface area contributed by atoms with E-state index in [4.69, 9.17) is 0 Å². The van der Waals surface area contributed by atoms with Gasteiger partial charge in [0.05, 0.1) is 12.5 Å². The Labute approximate surface area is 179 Å². The van der Waals surface area contributed by atoms with E-state index in [9.17, 15) is 9.59 Å². The monoisotopic (exact) mass is 402 g/mol. The summed E-state index contributed by atoms with van der Waals surface area (Å²) in [6.45, 7) is 3.85. The second kappa shape index (κ2) is 9.29. The first-order valence-electron chi connectivity index (χ1n) is 11.1. The van der Waals surface area contributed by atoms with Crippen LogP contribution in [0.15, 0.2) is 71.8 Å². The lowest BCUT2D eigenvalue weighted by atomic mass is 9.88. The third kappa shape index (κ3) is 4.33. The molecular weight excluding hydrogens is 372 g/mol. The van der Waals surface area contributed by atoms with Crippen molar-refractivity contribution in [3.8, 4) is 0 Å². The van der Waals surface area contributed by atoms with Crippen molar-refractivity contribution in [2.45, 2.75) is 58.2 Å². The molecule has 0 spiro atoms. The number of benzene rings is 2. The number of hydrogen-bond donors (Lipinski definition) is 0. The minimum absolute atomic E-state index is 0.0445. The molecule has 0 aromatic heterocycles. The summed E-state index contributed by atoms with van der Waals surface area (Å²) in [6, 6.07) is 20.4. The molecule has 0 N–H and O–H groups in total. The fourth-order valence-corrected chi connectivity index (χ4v) is 4.74. The van der Waals surface area contributed by atoms with Gasteiger partial charge in [0.25, 0.3) is 5.91 Å². The maximum Gasteiger partial charge on any atom is 0.251 e. The van der Waals surface area contributed by atoms with Crippen LogP contribution < -0.4 is 0 Å². The Morgan fingerprint density at radius 2 is 1.67 bits per heavy atom. The average Bonchev–Trinajstić information content (AvgIpc) is 3.05. The Balaban J connectivity index is 1.51. The van der Waals surface area contributed by atoms with Gasteiger partial charge in [0.15, 0.2) is 0 Å². The van der Waals surface area contributed by atoms with Gasteiger partial charge in [0.1, 0.15) is 0 Å². The highest BCUT2D eigenvalue weighted by Crippen LogP contribution is 2.39. The lowest BCUT2D eigenvalue weighted by molar-refractivity contribution is -0.133. The first-order valence-corrected chi connectivity index (χ1v) is 11.1. The third-order valence-corrected chi connectivity index (χ3v) is 6.33. The molecule has 156 valence electrons. The van der Waals surface area contributed by atoms with E-state index in [-0.39, 0.29) is 24.3 Å². The standard InChI is InChI=1S/C26H30N2O2/c1-2-27(18-20-11-5-3-6-12-20)25(29)17-23-22-15-9-10-16-24(22)28(26(23)30)19-21-13-7-4-8-14-21/h3-8,11-14,24H,2,9-10,15-19H2,1H3. The van der Waals surface area contributed by atoms with Crippen molar-refractivity contribution in [2.24, 2.45) is 0 Å². The van der Waals surface area contributed by atoms with Crippen LogP contribution in [-0.2, 0) is 22.7 Å². The molecule has 0 saturated heterocycles.